The Labute approximate surface area is 221 Å². The summed E-state index contributed by atoms with van der Waals surface area (Å²) in [6.07, 6.45) is -0.0649. The van der Waals surface area contributed by atoms with Gasteiger partial charge in [-0.1, -0.05) is 36.4 Å². The highest BCUT2D eigenvalue weighted by Gasteiger charge is 2.52. The van der Waals surface area contributed by atoms with Crippen LogP contribution in [0, 0.1) is 5.92 Å². The first-order chi connectivity index (χ1) is 17.0. The zero-order chi connectivity index (χ0) is 26.3. The second-order valence-corrected chi connectivity index (χ2v) is 12.8. The Morgan fingerprint density at radius 1 is 1.03 bits per heavy atom. The normalized spacial score (nSPS) is 22.8. The smallest absolute Gasteiger partial charge is 0.407 e. The molecule has 2 amide bonds. The van der Waals surface area contributed by atoms with E-state index in [-0.39, 0.29) is 29.9 Å². The van der Waals surface area contributed by atoms with Gasteiger partial charge in [-0.25, -0.2) is 4.79 Å². The molecule has 2 aromatic carbocycles. The lowest BCUT2D eigenvalue weighted by Crippen LogP contribution is -2.50. The number of alkyl carbamates (subject to hydrolysis) is 1. The van der Waals surface area contributed by atoms with E-state index in [2.05, 4.69) is 10.6 Å². The maximum atomic E-state index is 12.7. The zero-order valence-corrected chi connectivity index (χ0v) is 22.8. The van der Waals surface area contributed by atoms with Crippen molar-refractivity contribution in [2.45, 2.75) is 78.2 Å². The zero-order valence-electron chi connectivity index (χ0n) is 21.1. The standard InChI is InChI=1S/C27H36N2O5S2/c1-18(31)28-23(17-30)21-15-27(33,16-22(21)29-25(32)34-26(2,3)4)24(35-19-11-7-5-8-12-19)36-20-13-9-6-10-14-20/h5-14,21-24,30,33H,15-17H2,1-4H3,(H,28,31)(H,29,32). The minimum atomic E-state index is -1.21. The van der Waals surface area contributed by atoms with E-state index in [1.807, 2.05) is 60.7 Å². The summed E-state index contributed by atoms with van der Waals surface area (Å²) in [4.78, 5) is 26.6. The van der Waals surface area contributed by atoms with E-state index in [0.717, 1.165) is 9.79 Å². The Morgan fingerprint density at radius 3 is 2.00 bits per heavy atom. The molecule has 1 fully saturated rings. The van der Waals surface area contributed by atoms with Crippen LogP contribution in [0.4, 0.5) is 4.79 Å². The van der Waals surface area contributed by atoms with E-state index in [4.69, 9.17) is 4.74 Å². The lowest BCUT2D eigenvalue weighted by molar-refractivity contribution is -0.120. The third kappa shape index (κ3) is 8.16. The van der Waals surface area contributed by atoms with Crippen molar-refractivity contribution in [3.8, 4) is 0 Å². The molecule has 4 atom stereocenters. The number of rotatable bonds is 9. The quantitative estimate of drug-likeness (QED) is 0.280. The summed E-state index contributed by atoms with van der Waals surface area (Å²) in [5.41, 5.74) is -1.89. The second-order valence-electron chi connectivity index (χ2n) is 10.1. The van der Waals surface area contributed by atoms with Gasteiger partial charge in [0.15, 0.2) is 0 Å². The number of aliphatic hydroxyl groups excluding tert-OH is 1. The highest BCUT2D eigenvalue weighted by molar-refractivity contribution is 8.17. The average molecular weight is 533 g/mol. The van der Waals surface area contributed by atoms with Crippen LogP contribution in [0.5, 0.6) is 0 Å². The number of benzene rings is 2. The maximum absolute atomic E-state index is 12.7. The molecule has 0 bridgehead atoms. The van der Waals surface area contributed by atoms with Gasteiger partial charge in [-0.15, -0.1) is 23.5 Å². The number of carbonyl (C=O) groups excluding carboxylic acids is 2. The van der Waals surface area contributed by atoms with E-state index in [0.29, 0.717) is 0 Å². The molecule has 1 aliphatic carbocycles. The Morgan fingerprint density at radius 2 is 1.56 bits per heavy atom. The first kappa shape index (κ1) is 28.4. The summed E-state index contributed by atoms with van der Waals surface area (Å²) in [5.74, 6) is -0.680. The molecular formula is C27H36N2O5S2. The summed E-state index contributed by atoms with van der Waals surface area (Å²) in [7, 11) is 0. The fraction of sp³-hybridized carbons (Fsp3) is 0.481. The van der Waals surface area contributed by atoms with Crippen LogP contribution in [-0.2, 0) is 9.53 Å². The van der Waals surface area contributed by atoms with Crippen LogP contribution in [0.15, 0.2) is 70.5 Å². The third-order valence-corrected chi connectivity index (χ3v) is 8.87. The van der Waals surface area contributed by atoms with Crippen molar-refractivity contribution in [3.63, 3.8) is 0 Å². The molecular weight excluding hydrogens is 496 g/mol. The largest absolute Gasteiger partial charge is 0.444 e. The molecule has 1 saturated carbocycles. The number of aliphatic hydroxyl groups is 2. The van der Waals surface area contributed by atoms with Crippen LogP contribution in [0.2, 0.25) is 0 Å². The molecule has 2 aromatic rings. The summed E-state index contributed by atoms with van der Waals surface area (Å²) < 4.78 is 5.16. The van der Waals surface area contributed by atoms with E-state index < -0.39 is 35.3 Å². The van der Waals surface area contributed by atoms with Gasteiger partial charge in [-0.05, 0) is 57.9 Å². The Bertz CT molecular complexity index is 961. The molecule has 0 heterocycles. The van der Waals surface area contributed by atoms with Crippen LogP contribution in [-0.4, -0.2) is 56.7 Å². The number of hydrogen-bond donors (Lipinski definition) is 4. The molecule has 0 radical (unpaired) electrons. The minimum absolute atomic E-state index is 0.247. The van der Waals surface area contributed by atoms with Crippen LogP contribution < -0.4 is 10.6 Å². The highest BCUT2D eigenvalue weighted by atomic mass is 32.2. The van der Waals surface area contributed by atoms with Crippen LogP contribution in [0.1, 0.15) is 40.5 Å². The molecule has 0 spiro atoms. The van der Waals surface area contributed by atoms with Crippen molar-refractivity contribution >= 4 is 35.5 Å². The van der Waals surface area contributed by atoms with Gasteiger partial charge in [0.25, 0.3) is 0 Å². The number of ether oxygens (including phenoxy) is 1. The minimum Gasteiger partial charge on any atom is -0.444 e. The van der Waals surface area contributed by atoms with E-state index in [1.165, 1.54) is 6.92 Å². The predicted molar refractivity (Wildman–Crippen MR) is 144 cm³/mol. The van der Waals surface area contributed by atoms with Crippen molar-refractivity contribution in [2.75, 3.05) is 6.61 Å². The van der Waals surface area contributed by atoms with E-state index >= 15 is 0 Å². The molecule has 1 aliphatic rings. The average Bonchev–Trinajstić information content (AvgIpc) is 3.14. The topological polar surface area (TPSA) is 108 Å². The van der Waals surface area contributed by atoms with Crippen molar-refractivity contribution < 1.29 is 24.5 Å². The molecule has 4 unspecified atom stereocenters. The van der Waals surface area contributed by atoms with Gasteiger partial charge in [0, 0.05) is 28.7 Å². The molecule has 0 saturated heterocycles. The fourth-order valence-corrected chi connectivity index (χ4v) is 7.24. The molecule has 3 rings (SSSR count). The Balaban J connectivity index is 1.92. The summed E-state index contributed by atoms with van der Waals surface area (Å²) in [5, 5.41) is 27.9. The Hall–Kier alpha value is -2.20. The summed E-state index contributed by atoms with van der Waals surface area (Å²) in [6, 6.07) is 18.6. The monoisotopic (exact) mass is 532 g/mol. The van der Waals surface area contributed by atoms with E-state index in [1.54, 1.807) is 44.3 Å². The molecule has 196 valence electrons. The number of hydrogen-bond acceptors (Lipinski definition) is 7. The van der Waals surface area contributed by atoms with Crippen LogP contribution in [0.25, 0.3) is 0 Å². The predicted octanol–water partition coefficient (Wildman–Crippen LogP) is 4.43. The maximum Gasteiger partial charge on any atom is 0.407 e. The van der Waals surface area contributed by atoms with Crippen molar-refractivity contribution in [2.24, 2.45) is 5.92 Å². The van der Waals surface area contributed by atoms with Crippen molar-refractivity contribution in [1.29, 1.82) is 0 Å². The van der Waals surface area contributed by atoms with Crippen molar-refractivity contribution in [3.05, 3.63) is 60.7 Å². The van der Waals surface area contributed by atoms with Gasteiger partial charge in [0.1, 0.15) is 5.60 Å². The second kappa shape index (κ2) is 12.4. The number of thioether (sulfide) groups is 2. The molecule has 36 heavy (non-hydrogen) atoms. The first-order valence-corrected chi connectivity index (χ1v) is 13.8. The lowest BCUT2D eigenvalue weighted by Gasteiger charge is -2.33. The van der Waals surface area contributed by atoms with Gasteiger partial charge in [0.2, 0.25) is 5.91 Å². The third-order valence-electron chi connectivity index (χ3n) is 5.90. The van der Waals surface area contributed by atoms with Crippen LogP contribution in [0.3, 0.4) is 0 Å². The number of carbonyl (C=O) groups is 2. The van der Waals surface area contributed by atoms with Gasteiger partial charge >= 0.3 is 6.09 Å². The van der Waals surface area contributed by atoms with Gasteiger partial charge in [0.05, 0.1) is 22.8 Å². The molecule has 0 aliphatic heterocycles. The van der Waals surface area contributed by atoms with Gasteiger partial charge < -0.3 is 25.6 Å². The number of nitrogens with one attached hydrogen (secondary N) is 2. The molecule has 9 heteroatoms. The highest BCUT2D eigenvalue weighted by Crippen LogP contribution is 2.50. The number of amides is 2. The summed E-state index contributed by atoms with van der Waals surface area (Å²) in [6.45, 7) is 6.43. The fourth-order valence-electron chi connectivity index (χ4n) is 4.44. The van der Waals surface area contributed by atoms with E-state index in [9.17, 15) is 19.8 Å². The molecule has 7 nitrogen and oxygen atoms in total. The SMILES string of the molecule is CC(=O)NC(CO)C1CC(O)(C(Sc2ccccc2)Sc2ccccc2)CC1NC(=O)OC(C)(C)C. The van der Waals surface area contributed by atoms with Gasteiger partial charge in [-0.2, -0.15) is 0 Å². The lowest BCUT2D eigenvalue weighted by atomic mass is 9.93. The van der Waals surface area contributed by atoms with Crippen LogP contribution >= 0.6 is 23.5 Å². The molecule has 0 aromatic heterocycles. The Kier molecular flexibility index (Phi) is 9.74. The summed E-state index contributed by atoms with van der Waals surface area (Å²) >= 11 is 3.13. The van der Waals surface area contributed by atoms with Gasteiger partial charge in [-0.3, -0.25) is 4.79 Å². The molecule has 4 N–H and O–H groups in total. The first-order valence-electron chi connectivity index (χ1n) is 12.0. The van der Waals surface area contributed by atoms with Crippen molar-refractivity contribution in [1.82, 2.24) is 10.6 Å².